The van der Waals surface area contributed by atoms with Crippen LogP contribution in [0.25, 0.3) is 0 Å². The number of aliphatic hydroxyl groups excluding tert-OH is 1. The summed E-state index contributed by atoms with van der Waals surface area (Å²) < 4.78 is 32.3. The highest BCUT2D eigenvalue weighted by Crippen LogP contribution is 2.36. The molecule has 1 aromatic rings. The van der Waals surface area contributed by atoms with E-state index in [1.54, 1.807) is 19.9 Å². The van der Waals surface area contributed by atoms with Crippen LogP contribution >= 0.6 is 23.2 Å². The van der Waals surface area contributed by atoms with Gasteiger partial charge in [0.15, 0.2) is 0 Å². The molecule has 1 aromatic carbocycles. The summed E-state index contributed by atoms with van der Waals surface area (Å²) >= 11 is 12.3. The number of halogens is 2. The molecule has 0 amide bonds. The monoisotopic (exact) mass is 353 g/mol. The molecule has 1 fully saturated rings. The molecule has 118 valence electrons. The van der Waals surface area contributed by atoms with Crippen LogP contribution in [0.4, 0.5) is 0 Å². The Balaban J connectivity index is 2.59. The molecule has 1 saturated heterocycles. The van der Waals surface area contributed by atoms with Gasteiger partial charge in [-0.2, -0.15) is 4.31 Å². The highest BCUT2D eigenvalue weighted by molar-refractivity contribution is 7.89. The quantitative estimate of drug-likeness (QED) is 0.902. The van der Waals surface area contributed by atoms with E-state index < -0.39 is 16.1 Å². The molecule has 0 radical (unpaired) electrons. The van der Waals surface area contributed by atoms with Crippen molar-refractivity contribution >= 4 is 33.2 Å². The van der Waals surface area contributed by atoms with Gasteiger partial charge >= 0.3 is 0 Å². The summed E-state index contributed by atoms with van der Waals surface area (Å²) in [7, 11) is -3.85. The Bertz CT molecular complexity index is 622. The number of benzene rings is 1. The van der Waals surface area contributed by atoms with Crippen molar-refractivity contribution < 1.29 is 18.3 Å². The van der Waals surface area contributed by atoms with E-state index in [1.165, 1.54) is 4.31 Å². The predicted octanol–water partition coefficient (Wildman–Crippen LogP) is 1.99. The topological polar surface area (TPSA) is 66.8 Å². The van der Waals surface area contributed by atoms with E-state index in [2.05, 4.69) is 0 Å². The third-order valence-electron chi connectivity index (χ3n) is 3.54. The maximum absolute atomic E-state index is 12.9. The van der Waals surface area contributed by atoms with E-state index in [0.29, 0.717) is 16.1 Å². The molecule has 1 atom stereocenters. The number of hydrogen-bond acceptors (Lipinski definition) is 4. The maximum atomic E-state index is 12.9. The number of aryl methyl sites for hydroxylation is 1. The van der Waals surface area contributed by atoms with Gasteiger partial charge in [0.2, 0.25) is 10.0 Å². The van der Waals surface area contributed by atoms with Gasteiger partial charge in [-0.3, -0.25) is 0 Å². The third-order valence-corrected chi connectivity index (χ3v) is 6.65. The number of ether oxygens (including phenoxy) is 1. The first kappa shape index (κ1) is 17.0. The second-order valence-corrected chi connectivity index (χ2v) is 7.58. The zero-order valence-corrected chi connectivity index (χ0v) is 14.1. The molecule has 2 rings (SSSR count). The van der Waals surface area contributed by atoms with Crippen LogP contribution in [0.3, 0.4) is 0 Å². The van der Waals surface area contributed by atoms with Gasteiger partial charge in [-0.05, 0) is 31.0 Å². The van der Waals surface area contributed by atoms with Crippen molar-refractivity contribution in [2.24, 2.45) is 0 Å². The van der Waals surface area contributed by atoms with Crippen LogP contribution in [0, 0.1) is 13.8 Å². The van der Waals surface area contributed by atoms with Crippen LogP contribution in [-0.4, -0.2) is 50.2 Å². The molecule has 0 spiro atoms. The molecule has 0 saturated carbocycles. The number of hydrogen-bond donors (Lipinski definition) is 1. The van der Waals surface area contributed by atoms with Crippen LogP contribution in [0.15, 0.2) is 11.0 Å². The Kier molecular flexibility index (Phi) is 5.18. The van der Waals surface area contributed by atoms with Crippen molar-refractivity contribution in [1.29, 1.82) is 0 Å². The molecule has 0 aromatic heterocycles. The average molecular weight is 354 g/mol. The van der Waals surface area contributed by atoms with Gasteiger partial charge in [-0.15, -0.1) is 0 Å². The lowest BCUT2D eigenvalue weighted by Gasteiger charge is -2.34. The number of nitrogens with zero attached hydrogens (tertiary/aromatic N) is 1. The van der Waals surface area contributed by atoms with Crippen molar-refractivity contribution in [1.82, 2.24) is 4.31 Å². The first-order valence-electron chi connectivity index (χ1n) is 6.46. The molecule has 1 unspecified atom stereocenters. The zero-order valence-electron chi connectivity index (χ0n) is 11.8. The lowest BCUT2D eigenvalue weighted by Crippen LogP contribution is -2.50. The first-order valence-corrected chi connectivity index (χ1v) is 8.66. The summed E-state index contributed by atoms with van der Waals surface area (Å²) in [4.78, 5) is 0.00881. The minimum absolute atomic E-state index is 0.00881. The highest BCUT2D eigenvalue weighted by atomic mass is 35.5. The summed E-state index contributed by atoms with van der Waals surface area (Å²) in [6.45, 7) is 3.63. The molecular weight excluding hydrogens is 337 g/mol. The molecule has 8 heteroatoms. The standard InChI is InChI=1S/C13H17Cl2NO4S/c1-8-5-11(14)9(2)13(12(8)15)21(18,19)16-3-4-20-7-10(16)6-17/h5,10,17H,3-4,6-7H2,1-2H3. The average Bonchev–Trinajstić information content (AvgIpc) is 2.45. The van der Waals surface area contributed by atoms with Crippen LogP contribution < -0.4 is 0 Å². The highest BCUT2D eigenvalue weighted by Gasteiger charge is 2.36. The van der Waals surface area contributed by atoms with Crippen molar-refractivity contribution in [3.63, 3.8) is 0 Å². The van der Waals surface area contributed by atoms with E-state index >= 15 is 0 Å². The molecule has 21 heavy (non-hydrogen) atoms. The van der Waals surface area contributed by atoms with Crippen molar-refractivity contribution in [3.8, 4) is 0 Å². The lowest BCUT2D eigenvalue weighted by molar-refractivity contribution is 0.0109. The van der Waals surface area contributed by atoms with E-state index in [1.807, 2.05) is 0 Å². The minimum atomic E-state index is -3.85. The molecule has 1 heterocycles. The third kappa shape index (κ3) is 3.06. The van der Waals surface area contributed by atoms with E-state index in [4.69, 9.17) is 27.9 Å². The van der Waals surface area contributed by atoms with Gasteiger partial charge in [-0.25, -0.2) is 8.42 Å². The van der Waals surface area contributed by atoms with Gasteiger partial charge in [0.05, 0.1) is 30.9 Å². The van der Waals surface area contributed by atoms with Crippen LogP contribution in [-0.2, 0) is 14.8 Å². The summed E-state index contributed by atoms with van der Waals surface area (Å²) in [5, 5.41) is 9.89. The Morgan fingerprint density at radius 2 is 2.10 bits per heavy atom. The normalized spacial score (nSPS) is 20.7. The Hall–Kier alpha value is -0.370. The van der Waals surface area contributed by atoms with Gasteiger partial charge in [0.1, 0.15) is 4.90 Å². The second-order valence-electron chi connectivity index (χ2n) is 4.97. The van der Waals surface area contributed by atoms with Gasteiger partial charge in [-0.1, -0.05) is 23.2 Å². The predicted molar refractivity (Wildman–Crippen MR) is 81.5 cm³/mol. The zero-order chi connectivity index (χ0) is 15.8. The summed E-state index contributed by atoms with van der Waals surface area (Å²) in [5.41, 5.74) is 1.01. The van der Waals surface area contributed by atoms with E-state index in [9.17, 15) is 13.5 Å². The van der Waals surface area contributed by atoms with Crippen LogP contribution in [0.1, 0.15) is 11.1 Å². The summed E-state index contributed by atoms with van der Waals surface area (Å²) in [6.07, 6.45) is 0. The first-order chi connectivity index (χ1) is 9.80. The Morgan fingerprint density at radius 3 is 2.71 bits per heavy atom. The van der Waals surface area contributed by atoms with Crippen LogP contribution in [0.5, 0.6) is 0 Å². The fraction of sp³-hybridized carbons (Fsp3) is 0.538. The summed E-state index contributed by atoms with van der Waals surface area (Å²) in [5.74, 6) is 0. The molecule has 5 nitrogen and oxygen atoms in total. The largest absolute Gasteiger partial charge is 0.395 e. The van der Waals surface area contributed by atoms with Crippen molar-refractivity contribution in [3.05, 3.63) is 27.2 Å². The van der Waals surface area contributed by atoms with E-state index in [-0.39, 0.29) is 36.3 Å². The molecule has 1 aliphatic rings. The molecule has 0 bridgehead atoms. The van der Waals surface area contributed by atoms with E-state index in [0.717, 1.165) is 0 Å². The van der Waals surface area contributed by atoms with Gasteiger partial charge in [0.25, 0.3) is 0 Å². The number of aliphatic hydroxyl groups is 1. The number of rotatable bonds is 3. The fourth-order valence-corrected chi connectivity index (χ4v) is 5.09. The lowest BCUT2D eigenvalue weighted by atomic mass is 10.2. The second kappa shape index (κ2) is 6.40. The SMILES string of the molecule is Cc1cc(Cl)c(C)c(S(=O)(=O)N2CCOCC2CO)c1Cl. The molecule has 1 aliphatic heterocycles. The Labute approximate surface area is 134 Å². The van der Waals surface area contributed by atoms with Gasteiger partial charge < -0.3 is 9.84 Å². The smallest absolute Gasteiger partial charge is 0.245 e. The maximum Gasteiger partial charge on any atom is 0.245 e. The fourth-order valence-electron chi connectivity index (χ4n) is 2.34. The molecular formula is C13H17Cl2NO4S. The van der Waals surface area contributed by atoms with Crippen molar-refractivity contribution in [2.75, 3.05) is 26.4 Å². The molecule has 1 N–H and O–H groups in total. The van der Waals surface area contributed by atoms with Gasteiger partial charge in [0, 0.05) is 11.6 Å². The molecule has 0 aliphatic carbocycles. The van der Waals surface area contributed by atoms with Crippen molar-refractivity contribution in [2.45, 2.75) is 24.8 Å². The summed E-state index contributed by atoms with van der Waals surface area (Å²) in [6, 6.07) is 1.03. The number of sulfonamides is 1. The van der Waals surface area contributed by atoms with Crippen LogP contribution in [0.2, 0.25) is 10.0 Å². The Morgan fingerprint density at radius 1 is 1.43 bits per heavy atom. The minimum Gasteiger partial charge on any atom is -0.395 e. The number of morpholine rings is 1.